The molecule has 1 atom stereocenters. The molecule has 3 saturated carbocycles. The van der Waals surface area contributed by atoms with Crippen LogP contribution in [0.2, 0.25) is 5.02 Å². The third-order valence-corrected chi connectivity index (χ3v) is 10.3. The van der Waals surface area contributed by atoms with Crippen molar-refractivity contribution in [3.8, 4) is 6.07 Å². The van der Waals surface area contributed by atoms with Gasteiger partial charge in [-0.15, -0.1) is 5.10 Å². The zero-order valence-corrected chi connectivity index (χ0v) is 27.5. The number of aromatic nitrogens is 5. The Labute approximate surface area is 273 Å². The SMILES string of the molecule is Cn1ccc2c([C@H](Nc3cc(Cl)c4ncc(C#N)c(NCC(C)(C)C)c4c3)c3cn(C45CCC(CC4)CC5)nn3)cccc2c1=O. The van der Waals surface area contributed by atoms with Crippen LogP contribution in [0.25, 0.3) is 21.7 Å². The zero-order valence-electron chi connectivity index (χ0n) is 26.8. The fraction of sp³-hybridized carbons (Fsp3) is 0.417. The summed E-state index contributed by atoms with van der Waals surface area (Å²) < 4.78 is 3.71. The first-order chi connectivity index (χ1) is 22.0. The highest BCUT2D eigenvalue weighted by molar-refractivity contribution is 6.35. The quantitative estimate of drug-likeness (QED) is 0.190. The molecule has 0 radical (unpaired) electrons. The molecule has 0 unspecified atom stereocenters. The van der Waals surface area contributed by atoms with Crippen LogP contribution in [-0.4, -0.2) is 31.1 Å². The van der Waals surface area contributed by atoms with Crippen molar-refractivity contribution < 1.29 is 0 Å². The van der Waals surface area contributed by atoms with Crippen LogP contribution >= 0.6 is 11.6 Å². The molecule has 0 aliphatic heterocycles. The summed E-state index contributed by atoms with van der Waals surface area (Å²) in [6.45, 7) is 7.09. The van der Waals surface area contributed by atoms with Crippen molar-refractivity contribution in [1.29, 1.82) is 5.26 Å². The number of nitrogens with one attached hydrogen (secondary N) is 2. The lowest BCUT2D eigenvalue weighted by Gasteiger charge is -2.46. The highest BCUT2D eigenvalue weighted by atomic mass is 35.5. The minimum absolute atomic E-state index is 0.0124. The molecule has 3 aliphatic rings. The van der Waals surface area contributed by atoms with E-state index in [2.05, 4.69) is 53.3 Å². The van der Waals surface area contributed by atoms with Crippen molar-refractivity contribution in [2.24, 2.45) is 18.4 Å². The topological polar surface area (TPSA) is 113 Å². The Morgan fingerprint density at radius 1 is 1.11 bits per heavy atom. The summed E-state index contributed by atoms with van der Waals surface area (Å²) in [6, 6.07) is 13.5. The first-order valence-electron chi connectivity index (χ1n) is 16.1. The van der Waals surface area contributed by atoms with Crippen LogP contribution in [0, 0.1) is 22.7 Å². The molecule has 0 amide bonds. The number of nitrogens with zero attached hydrogens (tertiary/aromatic N) is 6. The summed E-state index contributed by atoms with van der Waals surface area (Å²) in [6.07, 6.45) is 12.6. The predicted molar refractivity (Wildman–Crippen MR) is 183 cm³/mol. The molecule has 236 valence electrons. The summed E-state index contributed by atoms with van der Waals surface area (Å²) >= 11 is 6.89. The smallest absolute Gasteiger partial charge is 0.258 e. The Bertz CT molecular complexity index is 2050. The second-order valence-corrected chi connectivity index (χ2v) is 14.7. The summed E-state index contributed by atoms with van der Waals surface area (Å²) in [5.74, 6) is 0.842. The molecular formula is C36H39ClN8O. The summed E-state index contributed by atoms with van der Waals surface area (Å²) in [5.41, 5.74) is 4.14. The summed E-state index contributed by atoms with van der Waals surface area (Å²) in [5, 5.41) is 29.4. The number of pyridine rings is 2. The fourth-order valence-corrected chi connectivity index (χ4v) is 7.58. The van der Waals surface area contributed by atoms with E-state index in [9.17, 15) is 10.1 Å². The Hall–Kier alpha value is -4.42. The molecule has 3 aromatic heterocycles. The standard InChI is InChI=1S/C36H39ClN8O/c1-35(2,3)21-40-31-23(18-38)19-39-32-28(31)16-24(17-29(32)37)41-33(26-6-5-7-27-25(26)11-15-44(4)34(27)46)30-20-45(43-42-30)36-12-8-22(9-13-36)10-14-36/h5-7,11,15-17,19-20,22,33,41H,8-10,12-14,21H2,1-4H3,(H,39,40)/t22?,33-,36?/m0/s1. The van der Waals surface area contributed by atoms with Crippen molar-refractivity contribution in [3.05, 3.63) is 87.2 Å². The first kappa shape index (κ1) is 30.2. The van der Waals surface area contributed by atoms with E-state index in [1.54, 1.807) is 24.0 Å². The molecule has 0 spiro atoms. The van der Waals surface area contributed by atoms with Gasteiger partial charge in [0.05, 0.1) is 39.6 Å². The highest BCUT2D eigenvalue weighted by Crippen LogP contribution is 2.48. The van der Waals surface area contributed by atoms with Crippen molar-refractivity contribution in [2.45, 2.75) is 70.9 Å². The lowest BCUT2D eigenvalue weighted by atomic mass is 9.66. The lowest BCUT2D eigenvalue weighted by molar-refractivity contribution is 0.0613. The maximum atomic E-state index is 13.2. The minimum atomic E-state index is -0.438. The number of hydrogen-bond acceptors (Lipinski definition) is 7. The van der Waals surface area contributed by atoms with E-state index in [0.717, 1.165) is 52.9 Å². The third kappa shape index (κ3) is 5.39. The van der Waals surface area contributed by atoms with Gasteiger partial charge in [0.1, 0.15) is 11.8 Å². The molecule has 3 fully saturated rings. The van der Waals surface area contributed by atoms with E-state index in [1.165, 1.54) is 19.3 Å². The van der Waals surface area contributed by atoms with Gasteiger partial charge >= 0.3 is 0 Å². The van der Waals surface area contributed by atoms with Gasteiger partial charge in [0, 0.05) is 42.4 Å². The van der Waals surface area contributed by atoms with Crippen LogP contribution in [0.4, 0.5) is 11.4 Å². The number of aryl methyl sites for hydroxylation is 1. The maximum Gasteiger partial charge on any atom is 0.258 e. The molecule has 10 heteroatoms. The van der Waals surface area contributed by atoms with E-state index in [-0.39, 0.29) is 16.5 Å². The number of halogens is 1. The molecule has 9 nitrogen and oxygen atoms in total. The number of fused-ring (bicyclic) bond motifs is 5. The summed E-state index contributed by atoms with van der Waals surface area (Å²) in [7, 11) is 1.76. The molecule has 2 aromatic carbocycles. The van der Waals surface area contributed by atoms with E-state index >= 15 is 0 Å². The number of nitriles is 1. The number of anilines is 2. The molecule has 2 N–H and O–H groups in total. The molecule has 3 heterocycles. The van der Waals surface area contributed by atoms with Gasteiger partial charge in [-0.05, 0) is 85.1 Å². The van der Waals surface area contributed by atoms with Gasteiger partial charge in [-0.2, -0.15) is 5.26 Å². The molecule has 2 bridgehead atoms. The first-order valence-corrected chi connectivity index (χ1v) is 16.5. The van der Waals surface area contributed by atoms with Crippen molar-refractivity contribution >= 4 is 44.7 Å². The van der Waals surface area contributed by atoms with Crippen molar-refractivity contribution in [1.82, 2.24) is 24.5 Å². The van der Waals surface area contributed by atoms with E-state index < -0.39 is 6.04 Å². The van der Waals surface area contributed by atoms with Gasteiger partial charge in [-0.25, -0.2) is 4.68 Å². The van der Waals surface area contributed by atoms with Crippen LogP contribution in [0.15, 0.2) is 59.8 Å². The van der Waals surface area contributed by atoms with Gasteiger partial charge < -0.3 is 15.2 Å². The molecule has 8 rings (SSSR count). The third-order valence-electron chi connectivity index (χ3n) is 9.96. The maximum absolute atomic E-state index is 13.2. The fourth-order valence-electron chi connectivity index (χ4n) is 7.31. The van der Waals surface area contributed by atoms with Gasteiger partial charge in [0.25, 0.3) is 5.56 Å². The average molecular weight is 635 g/mol. The lowest BCUT2D eigenvalue weighted by Crippen LogP contribution is -2.43. The van der Waals surface area contributed by atoms with Gasteiger partial charge in [0.2, 0.25) is 0 Å². The number of rotatable bonds is 7. The van der Waals surface area contributed by atoms with E-state index in [1.807, 2.05) is 36.4 Å². The van der Waals surface area contributed by atoms with E-state index in [0.29, 0.717) is 33.7 Å². The number of benzene rings is 2. The van der Waals surface area contributed by atoms with Crippen LogP contribution < -0.4 is 16.2 Å². The van der Waals surface area contributed by atoms with Crippen molar-refractivity contribution in [2.75, 3.05) is 17.2 Å². The van der Waals surface area contributed by atoms with Crippen LogP contribution in [-0.2, 0) is 12.6 Å². The summed E-state index contributed by atoms with van der Waals surface area (Å²) in [4.78, 5) is 17.7. The van der Waals surface area contributed by atoms with Crippen LogP contribution in [0.1, 0.15) is 82.2 Å². The second-order valence-electron chi connectivity index (χ2n) is 14.3. The van der Waals surface area contributed by atoms with Gasteiger partial charge in [-0.1, -0.05) is 49.7 Å². The normalized spacial score (nSPS) is 20.1. The van der Waals surface area contributed by atoms with Gasteiger partial charge in [-0.3, -0.25) is 9.78 Å². The molecule has 3 aliphatic carbocycles. The largest absolute Gasteiger partial charge is 0.383 e. The Morgan fingerprint density at radius 2 is 1.87 bits per heavy atom. The monoisotopic (exact) mass is 634 g/mol. The van der Waals surface area contributed by atoms with Crippen molar-refractivity contribution in [3.63, 3.8) is 0 Å². The highest BCUT2D eigenvalue weighted by Gasteiger charge is 2.43. The Balaban J connectivity index is 1.37. The molecular weight excluding hydrogens is 596 g/mol. The van der Waals surface area contributed by atoms with Crippen LogP contribution in [0.3, 0.4) is 0 Å². The Morgan fingerprint density at radius 3 is 2.59 bits per heavy atom. The second kappa shape index (κ2) is 11.4. The Kier molecular flexibility index (Phi) is 7.51. The van der Waals surface area contributed by atoms with Crippen LogP contribution in [0.5, 0.6) is 0 Å². The zero-order chi connectivity index (χ0) is 32.2. The minimum Gasteiger partial charge on any atom is -0.383 e. The molecule has 46 heavy (non-hydrogen) atoms. The average Bonchev–Trinajstić information content (AvgIpc) is 3.56. The number of hydrogen-bond donors (Lipinski definition) is 2. The van der Waals surface area contributed by atoms with Gasteiger partial charge in [0.15, 0.2) is 0 Å². The predicted octanol–water partition coefficient (Wildman–Crippen LogP) is 7.54. The molecule has 0 saturated heterocycles. The van der Waals surface area contributed by atoms with E-state index in [4.69, 9.17) is 21.9 Å². The molecule has 5 aromatic rings.